The first-order valence-electron chi connectivity index (χ1n) is 4.37. The minimum Gasteiger partial charge on any atom is -0.497 e. The Morgan fingerprint density at radius 1 is 1.57 bits per heavy atom. The lowest BCUT2D eigenvalue weighted by molar-refractivity contribution is 0.414. The molecule has 0 saturated heterocycles. The van der Waals surface area contributed by atoms with Crippen molar-refractivity contribution in [1.29, 1.82) is 0 Å². The fraction of sp³-hybridized carbons (Fsp3) is 0.273. The maximum Gasteiger partial charge on any atom is 0.119 e. The summed E-state index contributed by atoms with van der Waals surface area (Å²) in [6.45, 7) is 2.55. The Labute approximate surface area is 89.6 Å². The van der Waals surface area contributed by atoms with E-state index in [1.54, 1.807) is 12.5 Å². The van der Waals surface area contributed by atoms with Crippen LogP contribution in [-0.4, -0.2) is 24.7 Å². The van der Waals surface area contributed by atoms with Gasteiger partial charge >= 0.3 is 0 Å². The van der Waals surface area contributed by atoms with E-state index in [-0.39, 0.29) is 0 Å². The second-order valence-corrected chi connectivity index (χ2v) is 3.16. The van der Waals surface area contributed by atoms with E-state index in [0.29, 0.717) is 6.54 Å². The average Bonchev–Trinajstić information content (AvgIpc) is 2.26. The van der Waals surface area contributed by atoms with E-state index in [0.717, 1.165) is 17.0 Å². The van der Waals surface area contributed by atoms with Crippen molar-refractivity contribution in [2.75, 3.05) is 13.7 Å². The van der Waals surface area contributed by atoms with Crippen molar-refractivity contribution in [2.45, 2.75) is 6.92 Å². The molecule has 0 fully saturated rings. The summed E-state index contributed by atoms with van der Waals surface area (Å²) in [5.74, 6) is 0.847. The van der Waals surface area contributed by atoms with Crippen LogP contribution in [0.5, 0.6) is 5.75 Å². The van der Waals surface area contributed by atoms with Gasteiger partial charge in [0, 0.05) is 11.1 Å². The zero-order valence-electron chi connectivity index (χ0n) is 8.36. The van der Waals surface area contributed by atoms with Crippen LogP contribution in [0.25, 0.3) is 0 Å². The van der Waals surface area contributed by atoms with Gasteiger partial charge in [-0.25, -0.2) is 0 Å². The summed E-state index contributed by atoms with van der Waals surface area (Å²) in [6, 6.07) is 7.83. The van der Waals surface area contributed by atoms with Crippen molar-refractivity contribution < 1.29 is 4.74 Å². The number of thiocarbonyl (C=S) groups is 1. The fourth-order valence-electron chi connectivity index (χ4n) is 1.11. The predicted octanol–water partition coefficient (Wildman–Crippen LogP) is 2.50. The van der Waals surface area contributed by atoms with Gasteiger partial charge in [-0.3, -0.25) is 4.99 Å². The topological polar surface area (TPSA) is 21.6 Å². The SMILES string of the molecule is COc1cccc(C(C)=NCC=S)c1. The normalized spacial score (nSPS) is 11.1. The molecule has 0 spiro atoms. The Morgan fingerprint density at radius 3 is 3.00 bits per heavy atom. The Kier molecular flexibility index (Phi) is 4.26. The summed E-state index contributed by atoms with van der Waals surface area (Å²) < 4.78 is 5.13. The average molecular weight is 207 g/mol. The van der Waals surface area contributed by atoms with Crippen LogP contribution in [0, 0.1) is 0 Å². The summed E-state index contributed by atoms with van der Waals surface area (Å²) in [7, 11) is 1.66. The van der Waals surface area contributed by atoms with E-state index in [2.05, 4.69) is 4.99 Å². The number of nitrogens with zero attached hydrogens (tertiary/aromatic N) is 1. The second kappa shape index (κ2) is 5.50. The lowest BCUT2D eigenvalue weighted by Crippen LogP contribution is -1.97. The minimum absolute atomic E-state index is 0.582. The third-order valence-corrected chi connectivity index (χ3v) is 2.04. The Balaban J connectivity index is 2.89. The van der Waals surface area contributed by atoms with Gasteiger partial charge < -0.3 is 4.74 Å². The molecule has 0 radical (unpaired) electrons. The monoisotopic (exact) mass is 207 g/mol. The second-order valence-electron chi connectivity index (χ2n) is 2.82. The zero-order valence-corrected chi connectivity index (χ0v) is 9.17. The van der Waals surface area contributed by atoms with E-state index >= 15 is 0 Å². The summed E-state index contributed by atoms with van der Waals surface area (Å²) in [5, 5.41) is 1.61. The van der Waals surface area contributed by atoms with Gasteiger partial charge in [0.2, 0.25) is 0 Å². The van der Waals surface area contributed by atoms with Crippen molar-refractivity contribution >= 4 is 23.3 Å². The molecular weight excluding hydrogens is 194 g/mol. The smallest absolute Gasteiger partial charge is 0.119 e. The third-order valence-electron chi connectivity index (χ3n) is 1.89. The van der Waals surface area contributed by atoms with Gasteiger partial charge in [0.25, 0.3) is 0 Å². The summed E-state index contributed by atoms with van der Waals surface area (Å²) in [6.07, 6.45) is 0. The van der Waals surface area contributed by atoms with E-state index in [1.165, 1.54) is 0 Å². The maximum absolute atomic E-state index is 5.13. The van der Waals surface area contributed by atoms with E-state index in [9.17, 15) is 0 Å². The molecular formula is C11H13NOS. The molecule has 0 aromatic heterocycles. The standard InChI is InChI=1S/C11H13NOS/c1-9(12-6-7-14)10-4-3-5-11(8-10)13-2/h3-5,7-8H,6H2,1-2H3. The van der Waals surface area contributed by atoms with Crippen LogP contribution in [0.3, 0.4) is 0 Å². The van der Waals surface area contributed by atoms with Crippen LogP contribution in [0.15, 0.2) is 29.3 Å². The molecule has 0 bridgehead atoms. The highest BCUT2D eigenvalue weighted by atomic mass is 32.1. The van der Waals surface area contributed by atoms with Gasteiger partial charge in [-0.15, -0.1) is 0 Å². The van der Waals surface area contributed by atoms with Crippen LogP contribution in [-0.2, 0) is 0 Å². The first-order valence-corrected chi connectivity index (χ1v) is 4.84. The van der Waals surface area contributed by atoms with E-state index < -0.39 is 0 Å². The number of hydrogen-bond acceptors (Lipinski definition) is 3. The third kappa shape index (κ3) is 2.92. The quantitative estimate of drug-likeness (QED) is 0.559. The molecule has 3 heteroatoms. The molecule has 1 aromatic rings. The van der Waals surface area contributed by atoms with E-state index in [1.807, 2.05) is 31.2 Å². The van der Waals surface area contributed by atoms with Gasteiger partial charge in [0.1, 0.15) is 5.75 Å². The lowest BCUT2D eigenvalue weighted by Gasteiger charge is -2.03. The molecule has 0 unspecified atom stereocenters. The molecule has 0 atom stereocenters. The van der Waals surface area contributed by atoms with Crippen molar-refractivity contribution in [3.63, 3.8) is 0 Å². The number of rotatable bonds is 4. The number of aliphatic imine (C=N–C) groups is 1. The van der Waals surface area contributed by atoms with Crippen LogP contribution in [0.2, 0.25) is 0 Å². The van der Waals surface area contributed by atoms with Gasteiger partial charge in [0.15, 0.2) is 0 Å². The summed E-state index contributed by atoms with van der Waals surface area (Å²) >= 11 is 4.71. The molecule has 0 aliphatic carbocycles. The molecule has 1 rings (SSSR count). The maximum atomic E-state index is 5.13. The molecule has 14 heavy (non-hydrogen) atoms. The first-order chi connectivity index (χ1) is 6.77. The van der Waals surface area contributed by atoms with Crippen LogP contribution in [0.1, 0.15) is 12.5 Å². The largest absolute Gasteiger partial charge is 0.497 e. The molecule has 2 nitrogen and oxygen atoms in total. The molecule has 74 valence electrons. The molecule has 0 N–H and O–H groups in total. The zero-order chi connectivity index (χ0) is 10.4. The molecule has 0 aliphatic heterocycles. The summed E-state index contributed by atoms with van der Waals surface area (Å²) in [5.41, 5.74) is 2.05. The molecule has 0 saturated carbocycles. The number of benzene rings is 1. The molecule has 0 amide bonds. The number of methoxy groups -OCH3 is 1. The van der Waals surface area contributed by atoms with Crippen molar-refractivity contribution in [2.24, 2.45) is 4.99 Å². The minimum atomic E-state index is 0.582. The predicted molar refractivity (Wildman–Crippen MR) is 63.7 cm³/mol. The number of hydrogen-bond donors (Lipinski definition) is 0. The van der Waals surface area contributed by atoms with Gasteiger partial charge in [-0.1, -0.05) is 24.4 Å². The highest BCUT2D eigenvalue weighted by Crippen LogP contribution is 2.13. The van der Waals surface area contributed by atoms with Gasteiger partial charge in [-0.2, -0.15) is 0 Å². The van der Waals surface area contributed by atoms with Gasteiger partial charge in [0.05, 0.1) is 13.7 Å². The highest BCUT2D eigenvalue weighted by molar-refractivity contribution is 7.79. The molecule has 0 heterocycles. The van der Waals surface area contributed by atoms with Gasteiger partial charge in [-0.05, 0) is 24.6 Å². The van der Waals surface area contributed by atoms with Crippen molar-refractivity contribution in [1.82, 2.24) is 0 Å². The van der Waals surface area contributed by atoms with E-state index in [4.69, 9.17) is 17.0 Å². The van der Waals surface area contributed by atoms with Crippen LogP contribution >= 0.6 is 12.2 Å². The van der Waals surface area contributed by atoms with Crippen LogP contribution in [0.4, 0.5) is 0 Å². The fourth-order valence-corrected chi connectivity index (χ4v) is 1.19. The molecule has 0 aliphatic rings. The number of ether oxygens (including phenoxy) is 1. The summed E-state index contributed by atoms with van der Waals surface area (Å²) in [4.78, 5) is 4.29. The Morgan fingerprint density at radius 2 is 2.36 bits per heavy atom. The Bertz CT molecular complexity index is 347. The van der Waals surface area contributed by atoms with Crippen LogP contribution < -0.4 is 4.74 Å². The van der Waals surface area contributed by atoms with Crippen molar-refractivity contribution in [3.8, 4) is 5.75 Å². The lowest BCUT2D eigenvalue weighted by atomic mass is 10.1. The Hall–Kier alpha value is -1.22. The highest BCUT2D eigenvalue weighted by Gasteiger charge is 1.97. The molecule has 1 aromatic carbocycles. The first kappa shape index (κ1) is 10.9. The van der Waals surface area contributed by atoms with Crippen molar-refractivity contribution in [3.05, 3.63) is 29.8 Å².